The highest BCUT2D eigenvalue weighted by molar-refractivity contribution is 7.19. The maximum absolute atomic E-state index is 12.7. The third kappa shape index (κ3) is 3.34. The number of fused-ring (bicyclic) bond motifs is 1. The highest BCUT2D eigenvalue weighted by Gasteiger charge is 2.16. The topological polar surface area (TPSA) is 81.4 Å². The molecule has 27 heavy (non-hydrogen) atoms. The van der Waals surface area contributed by atoms with Gasteiger partial charge in [0.2, 0.25) is 4.96 Å². The zero-order chi connectivity index (χ0) is 19.0. The summed E-state index contributed by atoms with van der Waals surface area (Å²) in [6, 6.07) is 10.3. The Labute approximate surface area is 167 Å². The normalized spacial score (nSPS) is 10.9. The minimum Gasteiger partial charge on any atom is -0.495 e. The summed E-state index contributed by atoms with van der Waals surface area (Å²) in [5.41, 5.74) is 1.57. The number of aromatic nitrogens is 4. The number of halogens is 2. The van der Waals surface area contributed by atoms with E-state index in [-0.39, 0.29) is 10.6 Å². The second-order valence-corrected chi connectivity index (χ2v) is 7.18. The molecule has 0 aliphatic heterocycles. The number of carbonyl (C=O) groups excluding carboxylic acids is 1. The van der Waals surface area contributed by atoms with Crippen LogP contribution in [0.5, 0.6) is 5.75 Å². The molecule has 2 aromatic carbocycles. The molecule has 0 radical (unpaired) electrons. The Hall–Kier alpha value is -2.68. The fraction of sp³-hybridized carbons (Fsp3) is 0.0588. The summed E-state index contributed by atoms with van der Waals surface area (Å²) in [6.45, 7) is 0. The lowest BCUT2D eigenvalue weighted by atomic mass is 10.1. The van der Waals surface area contributed by atoms with E-state index in [0.717, 1.165) is 10.6 Å². The first-order chi connectivity index (χ1) is 13.1. The van der Waals surface area contributed by atoms with Gasteiger partial charge in [-0.25, -0.2) is 0 Å². The van der Waals surface area contributed by atoms with E-state index in [4.69, 9.17) is 27.9 Å². The van der Waals surface area contributed by atoms with E-state index in [9.17, 15) is 4.79 Å². The van der Waals surface area contributed by atoms with Crippen LogP contribution >= 0.6 is 34.5 Å². The van der Waals surface area contributed by atoms with Crippen LogP contribution in [0.1, 0.15) is 10.4 Å². The Bertz CT molecular complexity index is 1130. The molecule has 2 heterocycles. The van der Waals surface area contributed by atoms with E-state index < -0.39 is 5.91 Å². The molecule has 136 valence electrons. The molecule has 0 aliphatic carbocycles. The molecule has 0 saturated heterocycles. The van der Waals surface area contributed by atoms with Gasteiger partial charge in [-0.05, 0) is 30.3 Å². The number of nitrogens with zero attached hydrogens (tertiary/aromatic N) is 4. The molecule has 0 bridgehead atoms. The maximum atomic E-state index is 12.7. The number of amides is 1. The molecule has 4 aromatic rings. The second kappa shape index (κ2) is 7.15. The van der Waals surface area contributed by atoms with Gasteiger partial charge in [-0.2, -0.15) is 9.61 Å². The molecule has 2 aromatic heterocycles. The molecule has 0 atom stereocenters. The average Bonchev–Trinajstić information content (AvgIpc) is 3.26. The van der Waals surface area contributed by atoms with Crippen LogP contribution in [0.2, 0.25) is 10.0 Å². The third-order valence-corrected chi connectivity index (χ3v) is 5.56. The SMILES string of the molecule is COc1ccc(-c2nn3cnnc3s2)cc1NC(=O)c1cccc(Cl)c1Cl. The third-order valence-electron chi connectivity index (χ3n) is 3.78. The van der Waals surface area contributed by atoms with Crippen molar-refractivity contribution in [3.8, 4) is 16.3 Å². The lowest BCUT2D eigenvalue weighted by Gasteiger charge is -2.12. The summed E-state index contributed by atoms with van der Waals surface area (Å²) in [4.78, 5) is 13.3. The molecule has 4 rings (SSSR count). The summed E-state index contributed by atoms with van der Waals surface area (Å²) in [6.07, 6.45) is 1.53. The van der Waals surface area contributed by atoms with Gasteiger partial charge >= 0.3 is 0 Å². The highest BCUT2D eigenvalue weighted by Crippen LogP contribution is 2.33. The van der Waals surface area contributed by atoms with Crippen LogP contribution in [0, 0.1) is 0 Å². The predicted molar refractivity (Wildman–Crippen MR) is 105 cm³/mol. The quantitative estimate of drug-likeness (QED) is 0.529. The number of methoxy groups -OCH3 is 1. The summed E-state index contributed by atoms with van der Waals surface area (Å²) in [5.74, 6) is 0.115. The van der Waals surface area contributed by atoms with Gasteiger partial charge in [-0.3, -0.25) is 4.79 Å². The van der Waals surface area contributed by atoms with Crippen molar-refractivity contribution in [2.75, 3.05) is 12.4 Å². The first-order valence-corrected chi connectivity index (χ1v) is 9.24. The first-order valence-electron chi connectivity index (χ1n) is 7.67. The molecule has 0 saturated carbocycles. The standard InChI is InChI=1S/C17H11Cl2N5O2S/c1-26-13-6-5-9(16-23-24-8-20-22-17(24)27-16)7-12(13)21-15(25)10-3-2-4-11(18)14(10)19/h2-8H,1H3,(H,21,25). The van der Waals surface area contributed by atoms with E-state index in [0.29, 0.717) is 21.4 Å². The van der Waals surface area contributed by atoms with Gasteiger partial charge in [0.25, 0.3) is 5.91 Å². The van der Waals surface area contributed by atoms with Gasteiger partial charge in [0.05, 0.1) is 28.4 Å². The molecular weight excluding hydrogens is 409 g/mol. The van der Waals surface area contributed by atoms with Crippen LogP contribution in [0.4, 0.5) is 5.69 Å². The average molecular weight is 420 g/mol. The number of hydrogen-bond donors (Lipinski definition) is 1. The number of anilines is 1. The lowest BCUT2D eigenvalue weighted by molar-refractivity contribution is 0.102. The van der Waals surface area contributed by atoms with Gasteiger partial charge in [0.1, 0.15) is 17.1 Å². The number of carbonyl (C=O) groups is 1. The van der Waals surface area contributed by atoms with Crippen molar-refractivity contribution < 1.29 is 9.53 Å². The second-order valence-electron chi connectivity index (χ2n) is 5.44. The number of hydrogen-bond acceptors (Lipinski definition) is 6. The zero-order valence-electron chi connectivity index (χ0n) is 13.8. The zero-order valence-corrected chi connectivity index (χ0v) is 16.1. The summed E-state index contributed by atoms with van der Waals surface area (Å²) < 4.78 is 6.94. The smallest absolute Gasteiger partial charge is 0.257 e. The number of nitrogens with one attached hydrogen (secondary N) is 1. The Morgan fingerprint density at radius 3 is 2.89 bits per heavy atom. The Kier molecular flexibility index (Phi) is 4.69. The number of ether oxygens (including phenoxy) is 1. The minimum absolute atomic E-state index is 0.195. The molecule has 1 N–H and O–H groups in total. The van der Waals surface area contributed by atoms with Gasteiger partial charge < -0.3 is 10.1 Å². The first kappa shape index (κ1) is 17.7. The van der Waals surface area contributed by atoms with Crippen molar-refractivity contribution in [1.29, 1.82) is 0 Å². The minimum atomic E-state index is -0.393. The van der Waals surface area contributed by atoms with Crippen LogP contribution in [0.15, 0.2) is 42.7 Å². The number of benzene rings is 2. The van der Waals surface area contributed by atoms with Gasteiger partial charge in [0.15, 0.2) is 0 Å². The van der Waals surface area contributed by atoms with Crippen LogP contribution in [-0.2, 0) is 0 Å². The molecule has 0 unspecified atom stereocenters. The molecule has 0 fully saturated rings. The molecule has 10 heteroatoms. The van der Waals surface area contributed by atoms with Gasteiger partial charge in [-0.15, -0.1) is 10.2 Å². The number of rotatable bonds is 4. The van der Waals surface area contributed by atoms with Crippen molar-refractivity contribution in [2.45, 2.75) is 0 Å². The maximum Gasteiger partial charge on any atom is 0.257 e. The summed E-state index contributed by atoms with van der Waals surface area (Å²) in [5, 5.41) is 16.2. The molecular formula is C17H11Cl2N5O2S. The molecule has 0 aliphatic rings. The van der Waals surface area contributed by atoms with Crippen molar-refractivity contribution in [3.63, 3.8) is 0 Å². The molecule has 0 spiro atoms. The van der Waals surface area contributed by atoms with Crippen molar-refractivity contribution >= 4 is 51.1 Å². The van der Waals surface area contributed by atoms with Crippen LogP contribution in [0.3, 0.4) is 0 Å². The van der Waals surface area contributed by atoms with Crippen molar-refractivity contribution in [3.05, 3.63) is 58.3 Å². The van der Waals surface area contributed by atoms with E-state index in [1.165, 1.54) is 24.8 Å². The van der Waals surface area contributed by atoms with Crippen molar-refractivity contribution in [1.82, 2.24) is 19.8 Å². The largest absolute Gasteiger partial charge is 0.495 e. The van der Waals surface area contributed by atoms with Crippen molar-refractivity contribution in [2.24, 2.45) is 0 Å². The predicted octanol–water partition coefficient (Wildman–Crippen LogP) is 4.42. The van der Waals surface area contributed by atoms with Gasteiger partial charge in [-0.1, -0.05) is 40.6 Å². The fourth-order valence-corrected chi connectivity index (χ4v) is 3.69. The van der Waals surface area contributed by atoms with E-state index in [1.807, 2.05) is 6.07 Å². The van der Waals surface area contributed by atoms with Crippen LogP contribution in [-0.4, -0.2) is 32.8 Å². The highest BCUT2D eigenvalue weighted by atomic mass is 35.5. The lowest BCUT2D eigenvalue weighted by Crippen LogP contribution is -2.13. The summed E-state index contributed by atoms with van der Waals surface area (Å²) in [7, 11) is 1.53. The Balaban J connectivity index is 1.69. The monoisotopic (exact) mass is 419 g/mol. The van der Waals surface area contributed by atoms with E-state index >= 15 is 0 Å². The van der Waals surface area contributed by atoms with E-state index in [2.05, 4.69) is 20.6 Å². The fourth-order valence-electron chi connectivity index (χ4n) is 2.48. The van der Waals surface area contributed by atoms with Crippen LogP contribution < -0.4 is 10.1 Å². The Morgan fingerprint density at radius 2 is 2.11 bits per heavy atom. The summed E-state index contributed by atoms with van der Waals surface area (Å²) >= 11 is 13.5. The van der Waals surface area contributed by atoms with Crippen LogP contribution in [0.25, 0.3) is 15.5 Å². The molecule has 7 nitrogen and oxygen atoms in total. The molecule has 1 amide bonds. The van der Waals surface area contributed by atoms with E-state index in [1.54, 1.807) is 34.8 Å². The van der Waals surface area contributed by atoms with Gasteiger partial charge in [0, 0.05) is 5.56 Å². The Morgan fingerprint density at radius 1 is 1.26 bits per heavy atom.